The summed E-state index contributed by atoms with van der Waals surface area (Å²) in [5, 5.41) is 10.0. The maximum atomic E-state index is 12.5. The highest BCUT2D eigenvalue weighted by Crippen LogP contribution is 2.23. The summed E-state index contributed by atoms with van der Waals surface area (Å²) in [5.41, 5.74) is 1.33. The zero-order chi connectivity index (χ0) is 17.2. The maximum absolute atomic E-state index is 12.5. The molecule has 2 heterocycles. The second-order valence-electron chi connectivity index (χ2n) is 5.24. The molecule has 0 fully saturated rings. The molecule has 6 nitrogen and oxygen atoms in total. The van der Waals surface area contributed by atoms with E-state index in [2.05, 4.69) is 15.3 Å². The lowest BCUT2D eigenvalue weighted by Gasteiger charge is -2.08. The summed E-state index contributed by atoms with van der Waals surface area (Å²) in [7, 11) is 0. The highest BCUT2D eigenvalue weighted by atomic mass is 35.5. The quantitative estimate of drug-likeness (QED) is 0.516. The molecule has 0 aliphatic rings. The number of hydrogen-bond donors (Lipinski definition) is 0. The van der Waals surface area contributed by atoms with Crippen molar-refractivity contribution in [3.8, 4) is 5.69 Å². The number of hydrogen-bond acceptors (Lipinski definition) is 5. The van der Waals surface area contributed by atoms with Crippen molar-refractivity contribution in [2.24, 2.45) is 0 Å². The molecule has 0 atom stereocenters. The molecule has 0 N–H and O–H groups in total. The Hall–Kier alpha value is -2.64. The lowest BCUT2D eigenvalue weighted by atomic mass is 10.2. The molecule has 4 aromatic rings. The average molecular weight is 370 g/mol. The van der Waals surface area contributed by atoms with E-state index in [1.165, 1.54) is 16.4 Å². The van der Waals surface area contributed by atoms with E-state index in [4.69, 9.17) is 11.6 Å². The topological polar surface area (TPSA) is 65.6 Å². The maximum Gasteiger partial charge on any atom is 0.278 e. The van der Waals surface area contributed by atoms with Crippen LogP contribution < -0.4 is 5.56 Å². The average Bonchev–Trinajstić information content (AvgIpc) is 3.10. The fourth-order valence-corrected chi connectivity index (χ4v) is 3.48. The van der Waals surface area contributed by atoms with Crippen molar-refractivity contribution in [3.63, 3.8) is 0 Å². The van der Waals surface area contributed by atoms with Gasteiger partial charge < -0.3 is 0 Å². The van der Waals surface area contributed by atoms with E-state index in [1.807, 2.05) is 47.2 Å². The Bertz CT molecular complexity index is 1110. The first kappa shape index (κ1) is 15.9. The Labute approximate surface area is 152 Å². The molecule has 124 valence electrons. The Morgan fingerprint density at radius 1 is 1.12 bits per heavy atom. The number of benzene rings is 2. The van der Waals surface area contributed by atoms with Crippen molar-refractivity contribution in [1.29, 1.82) is 0 Å². The largest absolute Gasteiger partial charge is 0.295 e. The molecule has 0 unspecified atom stereocenters. The first-order valence-electron chi connectivity index (χ1n) is 7.47. The van der Waals surface area contributed by atoms with Gasteiger partial charge in [-0.05, 0) is 30.3 Å². The normalized spacial score (nSPS) is 11.1. The summed E-state index contributed by atoms with van der Waals surface area (Å²) in [6.45, 7) is 0. The van der Waals surface area contributed by atoms with Crippen LogP contribution in [0.25, 0.3) is 16.6 Å². The Kier molecular flexibility index (Phi) is 4.25. The fourth-order valence-electron chi connectivity index (χ4n) is 2.45. The van der Waals surface area contributed by atoms with Crippen LogP contribution in [0.2, 0.25) is 5.02 Å². The fraction of sp³-hybridized carbons (Fsp3) is 0.0588. The lowest BCUT2D eigenvalue weighted by molar-refractivity contribution is 0.643. The van der Waals surface area contributed by atoms with E-state index >= 15 is 0 Å². The van der Waals surface area contributed by atoms with Gasteiger partial charge in [-0.25, -0.2) is 4.98 Å². The van der Waals surface area contributed by atoms with E-state index < -0.39 is 0 Å². The van der Waals surface area contributed by atoms with Crippen molar-refractivity contribution in [3.05, 3.63) is 76.3 Å². The van der Waals surface area contributed by atoms with Gasteiger partial charge >= 0.3 is 0 Å². The highest BCUT2D eigenvalue weighted by molar-refractivity contribution is 7.98. The summed E-state index contributed by atoms with van der Waals surface area (Å²) in [6.07, 6.45) is 3.56. The Balaban J connectivity index is 1.62. The third-order valence-electron chi connectivity index (χ3n) is 3.64. The molecule has 0 spiro atoms. The molecule has 0 saturated carbocycles. The summed E-state index contributed by atoms with van der Waals surface area (Å²) in [6, 6.07) is 14.7. The second kappa shape index (κ2) is 6.70. The van der Waals surface area contributed by atoms with Crippen LogP contribution in [0.5, 0.6) is 0 Å². The third kappa shape index (κ3) is 3.16. The number of halogens is 1. The molecule has 0 saturated heterocycles. The van der Waals surface area contributed by atoms with Crippen molar-refractivity contribution >= 4 is 34.3 Å². The summed E-state index contributed by atoms with van der Waals surface area (Å²) in [5.74, 6) is 0.314. The number of rotatable bonds is 4. The smallest absolute Gasteiger partial charge is 0.278 e. The van der Waals surface area contributed by atoms with Crippen molar-refractivity contribution in [1.82, 2.24) is 24.5 Å². The Morgan fingerprint density at radius 2 is 2.00 bits per heavy atom. The standard InChI is InChI=1S/C17H12ClN5OS/c18-12-4-3-5-13(10-12)22-9-8-19-17(22)25-11-23-16(24)14-6-1-2-7-15(14)20-21-23/h1-10H,11H2. The van der Waals surface area contributed by atoms with Crippen LogP contribution in [0, 0.1) is 0 Å². The van der Waals surface area contributed by atoms with Gasteiger partial charge in [0, 0.05) is 23.1 Å². The molecule has 0 radical (unpaired) electrons. The van der Waals surface area contributed by atoms with Crippen LogP contribution >= 0.6 is 23.4 Å². The molecule has 2 aromatic carbocycles. The molecule has 4 rings (SSSR count). The highest BCUT2D eigenvalue weighted by Gasteiger charge is 2.09. The van der Waals surface area contributed by atoms with E-state index in [-0.39, 0.29) is 5.56 Å². The van der Waals surface area contributed by atoms with Gasteiger partial charge in [-0.2, -0.15) is 4.68 Å². The zero-order valence-electron chi connectivity index (χ0n) is 12.9. The van der Waals surface area contributed by atoms with Crippen LogP contribution in [0.3, 0.4) is 0 Å². The molecular weight excluding hydrogens is 358 g/mol. The number of imidazole rings is 1. The number of nitrogens with zero attached hydrogens (tertiary/aromatic N) is 5. The van der Waals surface area contributed by atoms with Crippen molar-refractivity contribution in [2.75, 3.05) is 0 Å². The minimum atomic E-state index is -0.168. The number of aromatic nitrogens is 5. The molecule has 0 bridgehead atoms. The summed E-state index contributed by atoms with van der Waals surface area (Å²) < 4.78 is 3.25. The van der Waals surface area contributed by atoms with Gasteiger partial charge in [0.1, 0.15) is 5.52 Å². The van der Waals surface area contributed by atoms with Crippen LogP contribution in [0.15, 0.2) is 70.9 Å². The van der Waals surface area contributed by atoms with Gasteiger partial charge in [0.05, 0.1) is 11.3 Å². The molecule has 25 heavy (non-hydrogen) atoms. The summed E-state index contributed by atoms with van der Waals surface area (Å²) >= 11 is 7.46. The monoisotopic (exact) mass is 369 g/mol. The van der Waals surface area contributed by atoms with Gasteiger partial charge in [-0.15, -0.1) is 5.10 Å². The number of fused-ring (bicyclic) bond motifs is 1. The van der Waals surface area contributed by atoms with Crippen molar-refractivity contribution in [2.45, 2.75) is 11.0 Å². The number of thioether (sulfide) groups is 1. The van der Waals surface area contributed by atoms with Gasteiger partial charge in [0.25, 0.3) is 5.56 Å². The molecular formula is C17H12ClN5OS. The van der Waals surface area contributed by atoms with Crippen LogP contribution in [-0.4, -0.2) is 24.5 Å². The minimum absolute atomic E-state index is 0.168. The second-order valence-corrected chi connectivity index (χ2v) is 6.59. The van der Waals surface area contributed by atoms with Gasteiger partial charge in [-0.3, -0.25) is 9.36 Å². The third-order valence-corrected chi connectivity index (χ3v) is 4.81. The van der Waals surface area contributed by atoms with Crippen LogP contribution in [0.4, 0.5) is 0 Å². The molecule has 0 aliphatic carbocycles. The minimum Gasteiger partial charge on any atom is -0.295 e. The van der Waals surface area contributed by atoms with Gasteiger partial charge in [0.15, 0.2) is 5.16 Å². The lowest BCUT2D eigenvalue weighted by Crippen LogP contribution is -2.23. The SMILES string of the molecule is O=c1c2ccccc2nnn1CSc1nccn1-c1cccc(Cl)c1. The van der Waals surface area contributed by atoms with E-state index in [0.717, 1.165) is 10.8 Å². The molecule has 2 aromatic heterocycles. The summed E-state index contributed by atoms with van der Waals surface area (Å²) in [4.78, 5) is 16.8. The predicted octanol–water partition coefficient (Wildman–Crippen LogP) is 3.38. The zero-order valence-corrected chi connectivity index (χ0v) is 14.5. The van der Waals surface area contributed by atoms with E-state index in [1.54, 1.807) is 18.3 Å². The molecule has 8 heteroatoms. The van der Waals surface area contributed by atoms with Crippen LogP contribution in [0.1, 0.15) is 0 Å². The van der Waals surface area contributed by atoms with E-state index in [0.29, 0.717) is 21.8 Å². The first-order valence-corrected chi connectivity index (χ1v) is 8.83. The van der Waals surface area contributed by atoms with Crippen LogP contribution in [-0.2, 0) is 5.88 Å². The molecule has 0 aliphatic heterocycles. The van der Waals surface area contributed by atoms with Gasteiger partial charge in [-0.1, -0.05) is 46.8 Å². The Morgan fingerprint density at radius 3 is 2.88 bits per heavy atom. The van der Waals surface area contributed by atoms with Gasteiger partial charge in [0.2, 0.25) is 0 Å². The van der Waals surface area contributed by atoms with E-state index in [9.17, 15) is 4.79 Å². The predicted molar refractivity (Wildman–Crippen MR) is 98.2 cm³/mol. The first-order chi connectivity index (χ1) is 12.2. The molecule has 0 amide bonds. The van der Waals surface area contributed by atoms with Crippen molar-refractivity contribution < 1.29 is 0 Å².